The van der Waals surface area contributed by atoms with E-state index in [1.165, 1.54) is 0 Å². The molecule has 0 saturated carbocycles. The number of rotatable bonds is 5. The van der Waals surface area contributed by atoms with Crippen LogP contribution in [0.3, 0.4) is 0 Å². The first-order valence-corrected chi connectivity index (χ1v) is 4.04. The molecule has 1 unspecified atom stereocenters. The third-order valence-corrected chi connectivity index (χ3v) is 1.52. The van der Waals surface area contributed by atoms with Gasteiger partial charge in [0.15, 0.2) is 0 Å². The van der Waals surface area contributed by atoms with Gasteiger partial charge in [-0.15, -0.1) is 6.58 Å². The molecule has 66 valence electrons. The average molecular weight is 163 g/mol. The lowest BCUT2D eigenvalue weighted by Gasteiger charge is -1.94. The van der Waals surface area contributed by atoms with Gasteiger partial charge in [0.2, 0.25) is 0 Å². The van der Waals surface area contributed by atoms with Gasteiger partial charge in [0.1, 0.15) is 0 Å². The minimum atomic E-state index is 0.428. The minimum Gasteiger partial charge on any atom is -0.389 e. The minimum absolute atomic E-state index is 0.428. The van der Waals surface area contributed by atoms with E-state index < -0.39 is 0 Å². The van der Waals surface area contributed by atoms with E-state index in [1.54, 1.807) is 0 Å². The largest absolute Gasteiger partial charge is 0.389 e. The summed E-state index contributed by atoms with van der Waals surface area (Å²) in [4.78, 5) is 0. The standard InChI is InChI=1S/C11H17N/c1-5-10(2)8-6-7-9-11(3)12-4/h5-10,12H,1,3H2,2,4H3/b8-6-,9-7-. The molecule has 0 saturated heterocycles. The molecule has 0 bridgehead atoms. The molecule has 0 aromatic rings. The lowest BCUT2D eigenvalue weighted by molar-refractivity contribution is 0.944. The van der Waals surface area contributed by atoms with Crippen LogP contribution >= 0.6 is 0 Å². The summed E-state index contributed by atoms with van der Waals surface area (Å²) in [5, 5.41) is 2.93. The van der Waals surface area contributed by atoms with Gasteiger partial charge in [-0.25, -0.2) is 0 Å². The fourth-order valence-electron chi connectivity index (χ4n) is 0.573. The van der Waals surface area contributed by atoms with Crippen molar-refractivity contribution in [1.29, 1.82) is 0 Å². The Bertz CT molecular complexity index is 199. The summed E-state index contributed by atoms with van der Waals surface area (Å²) in [5.41, 5.74) is 0.908. The Morgan fingerprint density at radius 1 is 1.42 bits per heavy atom. The van der Waals surface area contributed by atoms with Crippen LogP contribution in [0.25, 0.3) is 0 Å². The van der Waals surface area contributed by atoms with Gasteiger partial charge in [-0.05, 0) is 12.0 Å². The van der Waals surface area contributed by atoms with E-state index in [1.807, 2.05) is 31.4 Å². The molecule has 0 aliphatic carbocycles. The molecule has 0 aliphatic heterocycles. The Labute approximate surface area is 75.2 Å². The van der Waals surface area contributed by atoms with E-state index in [0.717, 1.165) is 5.70 Å². The fourth-order valence-corrected chi connectivity index (χ4v) is 0.573. The van der Waals surface area contributed by atoms with Crippen LogP contribution in [-0.2, 0) is 0 Å². The summed E-state index contributed by atoms with van der Waals surface area (Å²) in [6.07, 6.45) is 9.85. The highest BCUT2D eigenvalue weighted by molar-refractivity contribution is 5.17. The van der Waals surface area contributed by atoms with Crippen LogP contribution in [0.2, 0.25) is 0 Å². The zero-order valence-corrected chi connectivity index (χ0v) is 7.88. The summed E-state index contributed by atoms with van der Waals surface area (Å²) < 4.78 is 0. The molecule has 0 fully saturated rings. The summed E-state index contributed by atoms with van der Waals surface area (Å²) >= 11 is 0. The first kappa shape index (κ1) is 10.8. The Morgan fingerprint density at radius 3 is 2.58 bits per heavy atom. The van der Waals surface area contributed by atoms with Crippen molar-refractivity contribution < 1.29 is 0 Å². The second-order valence-corrected chi connectivity index (χ2v) is 2.61. The topological polar surface area (TPSA) is 12.0 Å². The highest BCUT2D eigenvalue weighted by atomic mass is 14.8. The van der Waals surface area contributed by atoms with E-state index in [9.17, 15) is 0 Å². The monoisotopic (exact) mass is 163 g/mol. The van der Waals surface area contributed by atoms with Crippen LogP contribution in [0, 0.1) is 5.92 Å². The van der Waals surface area contributed by atoms with Crippen molar-refractivity contribution in [3.05, 3.63) is 49.2 Å². The average Bonchev–Trinajstić information content (AvgIpc) is 2.11. The first-order valence-electron chi connectivity index (χ1n) is 4.04. The molecule has 0 aliphatic rings. The third-order valence-electron chi connectivity index (χ3n) is 1.52. The molecule has 0 radical (unpaired) electrons. The zero-order chi connectivity index (χ0) is 9.40. The van der Waals surface area contributed by atoms with E-state index in [2.05, 4.69) is 31.5 Å². The lowest BCUT2D eigenvalue weighted by atomic mass is 10.1. The first-order chi connectivity index (χ1) is 5.70. The van der Waals surface area contributed by atoms with E-state index in [0.29, 0.717) is 5.92 Å². The van der Waals surface area contributed by atoms with Crippen molar-refractivity contribution in [2.24, 2.45) is 5.92 Å². The third kappa shape index (κ3) is 5.54. The van der Waals surface area contributed by atoms with Crippen LogP contribution in [-0.4, -0.2) is 7.05 Å². The van der Waals surface area contributed by atoms with Gasteiger partial charge in [0, 0.05) is 12.7 Å². The van der Waals surface area contributed by atoms with Crippen molar-refractivity contribution in [2.45, 2.75) is 6.92 Å². The van der Waals surface area contributed by atoms with Crippen LogP contribution in [0.4, 0.5) is 0 Å². The maximum absolute atomic E-state index is 3.76. The molecule has 0 amide bonds. The van der Waals surface area contributed by atoms with Gasteiger partial charge in [0.25, 0.3) is 0 Å². The second-order valence-electron chi connectivity index (χ2n) is 2.61. The molecule has 0 rings (SSSR count). The molecule has 0 spiro atoms. The number of allylic oxidation sites excluding steroid dienone is 5. The Kier molecular flexibility index (Phi) is 5.80. The van der Waals surface area contributed by atoms with Crippen LogP contribution in [0.5, 0.6) is 0 Å². The molecule has 1 atom stereocenters. The van der Waals surface area contributed by atoms with Gasteiger partial charge in [0.05, 0.1) is 0 Å². The summed E-state index contributed by atoms with van der Waals surface area (Å²) in [6, 6.07) is 0. The number of hydrogen-bond acceptors (Lipinski definition) is 1. The zero-order valence-electron chi connectivity index (χ0n) is 7.88. The summed E-state index contributed by atoms with van der Waals surface area (Å²) in [5.74, 6) is 0.428. The molecule has 1 N–H and O–H groups in total. The maximum Gasteiger partial charge on any atom is 0.0264 e. The van der Waals surface area contributed by atoms with Crippen LogP contribution < -0.4 is 5.32 Å². The van der Waals surface area contributed by atoms with Gasteiger partial charge in [-0.1, -0.05) is 37.8 Å². The highest BCUT2D eigenvalue weighted by Crippen LogP contribution is 1.97. The van der Waals surface area contributed by atoms with E-state index in [-0.39, 0.29) is 0 Å². The Hall–Kier alpha value is -1.24. The predicted molar refractivity (Wildman–Crippen MR) is 55.8 cm³/mol. The van der Waals surface area contributed by atoms with Crippen LogP contribution in [0.15, 0.2) is 49.2 Å². The quantitative estimate of drug-likeness (QED) is 0.485. The number of likely N-dealkylation sites (N-methyl/N-ethyl adjacent to an activating group) is 1. The van der Waals surface area contributed by atoms with Crippen molar-refractivity contribution >= 4 is 0 Å². The SMILES string of the molecule is C=CC(C)/C=C\C=C/C(=C)NC. The Morgan fingerprint density at radius 2 is 2.08 bits per heavy atom. The molecule has 0 heterocycles. The van der Waals surface area contributed by atoms with E-state index >= 15 is 0 Å². The Balaban J connectivity index is 3.80. The molecule has 0 aromatic carbocycles. The molecule has 0 aromatic heterocycles. The molecule has 1 nitrogen and oxygen atoms in total. The smallest absolute Gasteiger partial charge is 0.0264 e. The molecule has 1 heteroatoms. The molecule has 12 heavy (non-hydrogen) atoms. The van der Waals surface area contributed by atoms with Crippen LogP contribution in [0.1, 0.15) is 6.92 Å². The lowest BCUT2D eigenvalue weighted by Crippen LogP contribution is -2.00. The fraction of sp³-hybridized carbons (Fsp3) is 0.273. The van der Waals surface area contributed by atoms with Gasteiger partial charge < -0.3 is 5.32 Å². The summed E-state index contributed by atoms with van der Waals surface area (Å²) in [6.45, 7) is 9.53. The van der Waals surface area contributed by atoms with Gasteiger partial charge >= 0.3 is 0 Å². The van der Waals surface area contributed by atoms with E-state index in [4.69, 9.17) is 0 Å². The van der Waals surface area contributed by atoms with Gasteiger partial charge in [-0.3, -0.25) is 0 Å². The molecular formula is C11H17N. The number of hydrogen-bond donors (Lipinski definition) is 1. The number of nitrogens with one attached hydrogen (secondary N) is 1. The predicted octanol–water partition coefficient (Wildman–Crippen LogP) is 2.65. The van der Waals surface area contributed by atoms with Gasteiger partial charge in [-0.2, -0.15) is 0 Å². The highest BCUT2D eigenvalue weighted by Gasteiger charge is 1.83. The summed E-state index contributed by atoms with van der Waals surface area (Å²) in [7, 11) is 1.85. The van der Waals surface area contributed by atoms with Crippen molar-refractivity contribution in [3.63, 3.8) is 0 Å². The van der Waals surface area contributed by atoms with Crippen molar-refractivity contribution in [2.75, 3.05) is 7.05 Å². The second kappa shape index (κ2) is 6.47. The normalized spacial score (nSPS) is 13.5. The van der Waals surface area contributed by atoms with Crippen molar-refractivity contribution in [3.8, 4) is 0 Å². The maximum atomic E-state index is 3.76. The molecular weight excluding hydrogens is 146 g/mol. The van der Waals surface area contributed by atoms with Crippen molar-refractivity contribution in [1.82, 2.24) is 5.32 Å².